The Morgan fingerprint density at radius 3 is 2.62 bits per heavy atom. The van der Waals surface area contributed by atoms with E-state index in [0.29, 0.717) is 11.1 Å². The minimum absolute atomic E-state index is 0.0690. The molecule has 1 fully saturated rings. The molecule has 0 saturated carbocycles. The lowest BCUT2D eigenvalue weighted by molar-refractivity contribution is 0.0628. The molecule has 6 heteroatoms. The lowest BCUT2D eigenvalue weighted by atomic mass is 10.1. The summed E-state index contributed by atoms with van der Waals surface area (Å²) in [7, 11) is 0. The molecule has 0 spiro atoms. The number of hydrogen-bond donors (Lipinski definition) is 1. The third-order valence-electron chi connectivity index (χ3n) is 4.82. The Morgan fingerprint density at radius 1 is 1.12 bits per heavy atom. The van der Waals surface area contributed by atoms with E-state index in [1.165, 1.54) is 5.56 Å². The third-order valence-corrected chi connectivity index (χ3v) is 4.82. The largest absolute Gasteiger partial charge is 0.345 e. The predicted molar refractivity (Wildman–Crippen MR) is 98.4 cm³/mol. The molecule has 3 aromatic rings. The van der Waals surface area contributed by atoms with E-state index in [1.807, 2.05) is 47.4 Å². The van der Waals surface area contributed by atoms with Gasteiger partial charge in [-0.15, -0.1) is 0 Å². The molecule has 1 aromatic heterocycles. The number of rotatable bonds is 3. The number of carbonyl (C=O) groups excluding carboxylic acids is 1. The zero-order valence-corrected chi connectivity index (χ0v) is 14.4. The van der Waals surface area contributed by atoms with Crippen molar-refractivity contribution in [1.29, 1.82) is 5.26 Å². The molecule has 1 N–H and O–H groups in total. The summed E-state index contributed by atoms with van der Waals surface area (Å²) in [5, 5.41) is 8.87. The molecule has 130 valence electrons. The number of piperazine rings is 1. The van der Waals surface area contributed by atoms with Crippen LogP contribution in [0.3, 0.4) is 0 Å². The highest BCUT2D eigenvalue weighted by Gasteiger charge is 2.22. The third kappa shape index (κ3) is 3.30. The molecule has 0 unspecified atom stereocenters. The number of amides is 1. The standard InChI is InChI=1S/C20H19N5O/c21-12-15-1-3-16(4-2-15)13-24-7-9-25(10-8-24)20(26)17-5-6-18-19(11-17)23-14-22-18/h1-6,11,14H,7-10,13H2,(H,22,23). The molecule has 1 saturated heterocycles. The summed E-state index contributed by atoms with van der Waals surface area (Å²) in [5.41, 5.74) is 4.32. The van der Waals surface area contributed by atoms with Crippen LogP contribution in [-0.4, -0.2) is 51.9 Å². The van der Waals surface area contributed by atoms with Crippen molar-refractivity contribution in [2.45, 2.75) is 6.54 Å². The molecular weight excluding hydrogens is 326 g/mol. The first-order valence-electron chi connectivity index (χ1n) is 8.67. The van der Waals surface area contributed by atoms with Gasteiger partial charge in [0.25, 0.3) is 5.91 Å². The Bertz CT molecular complexity index is 962. The van der Waals surface area contributed by atoms with Crippen molar-refractivity contribution in [2.75, 3.05) is 26.2 Å². The van der Waals surface area contributed by atoms with Crippen molar-refractivity contribution < 1.29 is 4.79 Å². The van der Waals surface area contributed by atoms with E-state index < -0.39 is 0 Å². The number of H-pyrrole nitrogens is 1. The molecular formula is C20H19N5O. The summed E-state index contributed by atoms with van der Waals surface area (Å²) < 4.78 is 0. The van der Waals surface area contributed by atoms with Crippen LogP contribution >= 0.6 is 0 Å². The lowest BCUT2D eigenvalue weighted by Gasteiger charge is -2.34. The highest BCUT2D eigenvalue weighted by molar-refractivity contribution is 5.97. The fourth-order valence-corrected chi connectivity index (χ4v) is 3.30. The highest BCUT2D eigenvalue weighted by Crippen LogP contribution is 2.16. The number of aromatic nitrogens is 2. The van der Waals surface area contributed by atoms with E-state index in [9.17, 15) is 4.79 Å². The zero-order chi connectivity index (χ0) is 17.9. The van der Waals surface area contributed by atoms with Gasteiger partial charge in [-0.1, -0.05) is 12.1 Å². The number of carbonyl (C=O) groups is 1. The molecule has 26 heavy (non-hydrogen) atoms. The molecule has 0 bridgehead atoms. The molecule has 1 amide bonds. The second-order valence-corrected chi connectivity index (χ2v) is 6.51. The Kier molecular flexibility index (Phi) is 4.38. The number of hydrogen-bond acceptors (Lipinski definition) is 4. The number of nitriles is 1. The quantitative estimate of drug-likeness (QED) is 0.791. The molecule has 0 aliphatic carbocycles. The van der Waals surface area contributed by atoms with Crippen molar-refractivity contribution >= 4 is 16.9 Å². The van der Waals surface area contributed by atoms with Crippen molar-refractivity contribution in [3.63, 3.8) is 0 Å². The van der Waals surface area contributed by atoms with Crippen LogP contribution < -0.4 is 0 Å². The normalized spacial score (nSPS) is 15.1. The first-order chi connectivity index (χ1) is 12.7. The Labute approximate surface area is 151 Å². The minimum Gasteiger partial charge on any atom is -0.345 e. The van der Waals surface area contributed by atoms with Crippen molar-refractivity contribution in [2.24, 2.45) is 0 Å². The van der Waals surface area contributed by atoms with Crippen LogP contribution in [-0.2, 0) is 6.54 Å². The van der Waals surface area contributed by atoms with Crippen molar-refractivity contribution in [1.82, 2.24) is 19.8 Å². The molecule has 2 aromatic carbocycles. The van der Waals surface area contributed by atoms with E-state index in [4.69, 9.17) is 5.26 Å². The molecule has 2 heterocycles. The van der Waals surface area contributed by atoms with E-state index >= 15 is 0 Å². The second-order valence-electron chi connectivity index (χ2n) is 6.51. The van der Waals surface area contributed by atoms with Gasteiger partial charge in [0.2, 0.25) is 0 Å². The Hall–Kier alpha value is -3.17. The maximum Gasteiger partial charge on any atom is 0.254 e. The van der Waals surface area contributed by atoms with Gasteiger partial charge in [-0.2, -0.15) is 5.26 Å². The van der Waals surface area contributed by atoms with Crippen LogP contribution in [0, 0.1) is 11.3 Å². The van der Waals surface area contributed by atoms with Gasteiger partial charge < -0.3 is 9.88 Å². The number of nitrogens with zero attached hydrogens (tertiary/aromatic N) is 4. The maximum atomic E-state index is 12.7. The van der Waals surface area contributed by atoms with Crippen molar-refractivity contribution in [3.05, 3.63) is 65.5 Å². The van der Waals surface area contributed by atoms with Gasteiger partial charge in [0.05, 0.1) is 29.0 Å². The van der Waals surface area contributed by atoms with Gasteiger partial charge in [0.15, 0.2) is 0 Å². The Morgan fingerprint density at radius 2 is 1.88 bits per heavy atom. The van der Waals surface area contributed by atoms with Crippen LogP contribution in [0.25, 0.3) is 11.0 Å². The Balaban J connectivity index is 1.36. The van der Waals surface area contributed by atoms with E-state index in [-0.39, 0.29) is 5.91 Å². The fraction of sp³-hybridized carbons (Fsp3) is 0.250. The highest BCUT2D eigenvalue weighted by atomic mass is 16.2. The number of fused-ring (bicyclic) bond motifs is 1. The van der Waals surface area contributed by atoms with Crippen LogP contribution in [0.1, 0.15) is 21.5 Å². The molecule has 1 aliphatic rings. The summed E-state index contributed by atoms with van der Waals surface area (Å²) in [5.74, 6) is 0.0690. The first-order valence-corrected chi connectivity index (χ1v) is 8.67. The summed E-state index contributed by atoms with van der Waals surface area (Å²) in [6, 6.07) is 15.4. The van der Waals surface area contributed by atoms with Gasteiger partial charge in [0, 0.05) is 38.3 Å². The first kappa shape index (κ1) is 16.3. The number of aromatic amines is 1. The van der Waals surface area contributed by atoms with Crippen molar-refractivity contribution in [3.8, 4) is 6.07 Å². The van der Waals surface area contributed by atoms with Crippen LogP contribution in [0.4, 0.5) is 0 Å². The number of nitrogens with one attached hydrogen (secondary N) is 1. The average Bonchev–Trinajstić information content (AvgIpc) is 3.16. The molecule has 0 atom stereocenters. The predicted octanol–water partition coefficient (Wildman–Crippen LogP) is 2.39. The minimum atomic E-state index is 0.0690. The van der Waals surface area contributed by atoms with E-state index in [1.54, 1.807) is 6.33 Å². The summed E-state index contributed by atoms with van der Waals surface area (Å²) in [4.78, 5) is 24.2. The smallest absolute Gasteiger partial charge is 0.254 e. The van der Waals surface area contributed by atoms with E-state index in [2.05, 4.69) is 20.9 Å². The summed E-state index contributed by atoms with van der Waals surface area (Å²) in [6.07, 6.45) is 1.64. The van der Waals surface area contributed by atoms with Gasteiger partial charge >= 0.3 is 0 Å². The SMILES string of the molecule is N#Cc1ccc(CN2CCN(C(=O)c3ccc4nc[nH]c4c3)CC2)cc1. The second kappa shape index (κ2) is 6.98. The summed E-state index contributed by atoms with van der Waals surface area (Å²) >= 11 is 0. The van der Waals surface area contributed by atoms with E-state index in [0.717, 1.165) is 43.8 Å². The zero-order valence-electron chi connectivity index (χ0n) is 14.4. The lowest BCUT2D eigenvalue weighted by Crippen LogP contribution is -2.48. The van der Waals surface area contributed by atoms with Crippen LogP contribution in [0.15, 0.2) is 48.8 Å². The molecule has 0 radical (unpaired) electrons. The maximum absolute atomic E-state index is 12.7. The monoisotopic (exact) mass is 345 g/mol. The topological polar surface area (TPSA) is 76.0 Å². The van der Waals surface area contributed by atoms with Gasteiger partial charge in [0.1, 0.15) is 0 Å². The van der Waals surface area contributed by atoms with Crippen LogP contribution in [0.5, 0.6) is 0 Å². The van der Waals surface area contributed by atoms with Gasteiger partial charge in [-0.3, -0.25) is 9.69 Å². The molecule has 4 rings (SSSR count). The number of benzene rings is 2. The number of imidazole rings is 1. The molecule has 1 aliphatic heterocycles. The van der Waals surface area contributed by atoms with Crippen LogP contribution in [0.2, 0.25) is 0 Å². The van der Waals surface area contributed by atoms with Gasteiger partial charge in [-0.05, 0) is 35.9 Å². The summed E-state index contributed by atoms with van der Waals surface area (Å²) in [6.45, 7) is 3.97. The fourth-order valence-electron chi connectivity index (χ4n) is 3.30. The average molecular weight is 345 g/mol. The van der Waals surface area contributed by atoms with Gasteiger partial charge in [-0.25, -0.2) is 4.98 Å². The molecule has 6 nitrogen and oxygen atoms in total.